The lowest BCUT2D eigenvalue weighted by molar-refractivity contribution is -0.0928. The molecule has 2 heteroatoms. The molecule has 0 amide bonds. The second-order valence-electron chi connectivity index (χ2n) is 7.00. The molecule has 0 aromatic carbocycles. The molecule has 2 nitrogen and oxygen atoms in total. The molecule has 1 saturated carbocycles. The molecule has 1 heterocycles. The number of hydrogen-bond acceptors (Lipinski definition) is 2. The van der Waals surface area contributed by atoms with E-state index in [-0.39, 0.29) is 0 Å². The molecule has 2 aliphatic carbocycles. The molecule has 0 aromatic heterocycles. The maximum Gasteiger partial charge on any atom is 0.0471 e. The second kappa shape index (κ2) is 5.57. The van der Waals surface area contributed by atoms with Gasteiger partial charge in [-0.1, -0.05) is 18.6 Å². The summed E-state index contributed by atoms with van der Waals surface area (Å²) in [5.74, 6) is 0. The van der Waals surface area contributed by atoms with Crippen LogP contribution < -0.4 is 5.32 Å². The normalized spacial score (nSPS) is 28.8. The van der Waals surface area contributed by atoms with Crippen molar-refractivity contribution in [2.45, 2.75) is 58.3 Å². The molecule has 0 atom stereocenters. The van der Waals surface area contributed by atoms with Crippen molar-refractivity contribution in [2.75, 3.05) is 26.3 Å². The van der Waals surface area contributed by atoms with Crippen molar-refractivity contribution in [3.8, 4) is 0 Å². The van der Waals surface area contributed by atoms with Crippen LogP contribution >= 0.6 is 0 Å². The topological polar surface area (TPSA) is 21.3 Å². The zero-order valence-corrected chi connectivity index (χ0v) is 12.5. The van der Waals surface area contributed by atoms with Crippen molar-refractivity contribution in [1.82, 2.24) is 5.32 Å². The Morgan fingerprint density at radius 2 is 2.00 bits per heavy atom. The van der Waals surface area contributed by atoms with Crippen LogP contribution in [0.1, 0.15) is 58.3 Å². The van der Waals surface area contributed by atoms with Crippen LogP contribution in [0.4, 0.5) is 0 Å². The molecule has 1 aliphatic heterocycles. The number of nitrogens with one attached hydrogen (secondary N) is 1. The standard InChI is InChI=1S/C17H29NO/c1-2-18-14-17(15-6-4-3-5-7-15)12-16(13-17)8-10-19-11-9-16/h6,18H,2-5,7-14H2,1H3. The highest BCUT2D eigenvalue weighted by atomic mass is 16.5. The van der Waals surface area contributed by atoms with Gasteiger partial charge in [0.2, 0.25) is 0 Å². The molecule has 108 valence electrons. The van der Waals surface area contributed by atoms with E-state index in [1.807, 2.05) is 0 Å². The summed E-state index contributed by atoms with van der Waals surface area (Å²) in [6, 6.07) is 0. The average molecular weight is 263 g/mol. The number of rotatable bonds is 4. The lowest BCUT2D eigenvalue weighted by atomic mass is 9.47. The predicted molar refractivity (Wildman–Crippen MR) is 79.2 cm³/mol. The van der Waals surface area contributed by atoms with Crippen molar-refractivity contribution < 1.29 is 4.74 Å². The highest BCUT2D eigenvalue weighted by molar-refractivity contribution is 5.25. The molecule has 0 bridgehead atoms. The third-order valence-corrected chi connectivity index (χ3v) is 5.67. The van der Waals surface area contributed by atoms with Crippen LogP contribution in [0, 0.1) is 10.8 Å². The Morgan fingerprint density at radius 3 is 2.63 bits per heavy atom. The van der Waals surface area contributed by atoms with E-state index in [9.17, 15) is 0 Å². The first-order valence-electron chi connectivity index (χ1n) is 8.27. The van der Waals surface area contributed by atoms with Crippen molar-refractivity contribution in [1.29, 1.82) is 0 Å². The van der Waals surface area contributed by atoms with E-state index in [0.717, 1.165) is 19.8 Å². The molecule has 1 N–H and O–H groups in total. The number of allylic oxidation sites excluding steroid dienone is 1. The summed E-state index contributed by atoms with van der Waals surface area (Å²) in [7, 11) is 0. The third-order valence-electron chi connectivity index (χ3n) is 5.67. The van der Waals surface area contributed by atoms with Gasteiger partial charge in [-0.25, -0.2) is 0 Å². The molecule has 2 fully saturated rings. The van der Waals surface area contributed by atoms with Gasteiger partial charge in [-0.15, -0.1) is 0 Å². The van der Waals surface area contributed by atoms with E-state index in [0.29, 0.717) is 10.8 Å². The van der Waals surface area contributed by atoms with Gasteiger partial charge in [0.05, 0.1) is 0 Å². The second-order valence-corrected chi connectivity index (χ2v) is 7.00. The molecule has 0 radical (unpaired) electrons. The zero-order valence-electron chi connectivity index (χ0n) is 12.5. The Morgan fingerprint density at radius 1 is 1.21 bits per heavy atom. The summed E-state index contributed by atoms with van der Waals surface area (Å²) < 4.78 is 5.57. The van der Waals surface area contributed by atoms with Gasteiger partial charge in [0.25, 0.3) is 0 Å². The van der Waals surface area contributed by atoms with Crippen LogP contribution in [0.2, 0.25) is 0 Å². The van der Waals surface area contributed by atoms with E-state index >= 15 is 0 Å². The van der Waals surface area contributed by atoms with Gasteiger partial charge >= 0.3 is 0 Å². The van der Waals surface area contributed by atoms with E-state index in [4.69, 9.17) is 4.74 Å². The van der Waals surface area contributed by atoms with Crippen molar-refractivity contribution in [3.63, 3.8) is 0 Å². The van der Waals surface area contributed by atoms with Gasteiger partial charge < -0.3 is 10.1 Å². The highest BCUT2D eigenvalue weighted by Gasteiger charge is 2.55. The smallest absolute Gasteiger partial charge is 0.0471 e. The Bertz CT molecular complexity index is 333. The highest BCUT2D eigenvalue weighted by Crippen LogP contribution is 2.63. The van der Waals surface area contributed by atoms with E-state index < -0.39 is 0 Å². The largest absolute Gasteiger partial charge is 0.381 e. The quantitative estimate of drug-likeness (QED) is 0.781. The molecule has 1 spiro atoms. The van der Waals surface area contributed by atoms with Crippen LogP contribution in [0.25, 0.3) is 0 Å². The van der Waals surface area contributed by atoms with Crippen molar-refractivity contribution in [2.24, 2.45) is 10.8 Å². The van der Waals surface area contributed by atoms with Crippen LogP contribution in [0.3, 0.4) is 0 Å². The molecular formula is C17H29NO. The first-order chi connectivity index (χ1) is 9.29. The number of hydrogen-bond donors (Lipinski definition) is 1. The van der Waals surface area contributed by atoms with Gasteiger partial charge in [0, 0.05) is 25.2 Å². The Kier molecular flexibility index (Phi) is 4.00. The van der Waals surface area contributed by atoms with Crippen LogP contribution in [0.5, 0.6) is 0 Å². The minimum atomic E-state index is 0.508. The average Bonchev–Trinajstić information content (AvgIpc) is 2.44. The van der Waals surface area contributed by atoms with E-state index in [2.05, 4.69) is 18.3 Å². The summed E-state index contributed by atoms with van der Waals surface area (Å²) in [6.07, 6.45) is 13.5. The minimum Gasteiger partial charge on any atom is -0.381 e. The molecular weight excluding hydrogens is 234 g/mol. The van der Waals surface area contributed by atoms with Crippen molar-refractivity contribution in [3.05, 3.63) is 11.6 Å². The summed E-state index contributed by atoms with van der Waals surface area (Å²) in [5.41, 5.74) is 2.93. The summed E-state index contributed by atoms with van der Waals surface area (Å²) in [6.45, 7) is 6.53. The Labute approximate surface area is 118 Å². The lowest BCUT2D eigenvalue weighted by Gasteiger charge is -2.60. The third kappa shape index (κ3) is 2.62. The number of ether oxygens (including phenoxy) is 1. The van der Waals surface area contributed by atoms with Crippen molar-refractivity contribution >= 4 is 0 Å². The van der Waals surface area contributed by atoms with Gasteiger partial charge in [-0.3, -0.25) is 0 Å². The molecule has 1 saturated heterocycles. The molecule has 0 aromatic rings. The van der Waals surface area contributed by atoms with Crippen LogP contribution in [-0.4, -0.2) is 26.3 Å². The van der Waals surface area contributed by atoms with Crippen LogP contribution in [0.15, 0.2) is 11.6 Å². The molecule has 19 heavy (non-hydrogen) atoms. The Balaban J connectivity index is 1.71. The fourth-order valence-corrected chi connectivity index (χ4v) is 4.69. The summed E-state index contributed by atoms with van der Waals surface area (Å²) >= 11 is 0. The summed E-state index contributed by atoms with van der Waals surface area (Å²) in [5, 5.41) is 3.64. The molecule has 3 aliphatic rings. The van der Waals surface area contributed by atoms with Crippen LogP contribution in [-0.2, 0) is 4.74 Å². The monoisotopic (exact) mass is 263 g/mol. The maximum atomic E-state index is 5.57. The SMILES string of the molecule is CCNCC1(C2=CCCCC2)CC2(CCOCC2)C1. The zero-order chi connectivity index (χ0) is 13.2. The molecule has 0 unspecified atom stereocenters. The fraction of sp³-hybridized carbons (Fsp3) is 0.882. The fourth-order valence-electron chi connectivity index (χ4n) is 4.69. The predicted octanol–water partition coefficient (Wildman–Crippen LogP) is 3.67. The summed E-state index contributed by atoms with van der Waals surface area (Å²) in [4.78, 5) is 0. The van der Waals surface area contributed by atoms with Gasteiger partial charge in [0.15, 0.2) is 0 Å². The molecule has 3 rings (SSSR count). The van der Waals surface area contributed by atoms with Gasteiger partial charge in [0.1, 0.15) is 0 Å². The Hall–Kier alpha value is -0.340. The lowest BCUT2D eigenvalue weighted by Crippen LogP contribution is -2.54. The first kappa shape index (κ1) is 13.6. The first-order valence-corrected chi connectivity index (χ1v) is 8.27. The minimum absolute atomic E-state index is 0.508. The maximum absolute atomic E-state index is 5.57. The van der Waals surface area contributed by atoms with E-state index in [1.165, 1.54) is 57.9 Å². The van der Waals surface area contributed by atoms with Gasteiger partial charge in [-0.2, -0.15) is 0 Å². The van der Waals surface area contributed by atoms with Gasteiger partial charge in [-0.05, 0) is 63.3 Å². The van der Waals surface area contributed by atoms with E-state index in [1.54, 1.807) is 5.57 Å².